The van der Waals surface area contributed by atoms with Crippen molar-refractivity contribution in [2.24, 2.45) is 0 Å². The predicted octanol–water partition coefficient (Wildman–Crippen LogP) is 4.86. The number of sulfonamides is 1. The molecule has 39 heavy (non-hydrogen) atoms. The van der Waals surface area contributed by atoms with E-state index in [0.717, 1.165) is 29.5 Å². The molecular formula is C29H31FN2O6S. The summed E-state index contributed by atoms with van der Waals surface area (Å²) in [6.07, 6.45) is 4.07. The van der Waals surface area contributed by atoms with Gasteiger partial charge in [-0.3, -0.25) is 9.69 Å². The smallest absolute Gasteiger partial charge is 0.326 e. The van der Waals surface area contributed by atoms with Gasteiger partial charge in [-0.2, -0.15) is 4.31 Å². The summed E-state index contributed by atoms with van der Waals surface area (Å²) in [5.74, 6) is -0.207. The van der Waals surface area contributed by atoms with Crippen LogP contribution in [0.1, 0.15) is 36.4 Å². The Kier molecular flexibility index (Phi) is 8.15. The molecule has 1 saturated heterocycles. The number of aliphatic carboxylic acids is 1. The van der Waals surface area contributed by atoms with E-state index in [1.165, 1.54) is 67.8 Å². The van der Waals surface area contributed by atoms with E-state index in [1.807, 2.05) is 6.07 Å². The molecule has 1 atom stereocenters. The highest BCUT2D eigenvalue weighted by atomic mass is 32.2. The average molecular weight is 555 g/mol. The van der Waals surface area contributed by atoms with Crippen LogP contribution in [0.3, 0.4) is 0 Å². The standard InChI is InChI=1S/C29H31FN2O6S/c30-22-4-6-23(7-5-22)38-24-8-11-26(12-9-24)39(35,36)32-17-14-21-20-25(10-13-27(21)28(32)29(33)34)37-19-18-31-15-2-1-3-16-31/h4-13,20,28H,1-3,14-19H2,(H,33,34). The molecule has 2 heterocycles. The lowest BCUT2D eigenvalue weighted by Gasteiger charge is -2.34. The number of halogens is 1. The molecule has 2 aliphatic heterocycles. The molecule has 8 nitrogen and oxygen atoms in total. The van der Waals surface area contributed by atoms with Crippen LogP contribution in [-0.4, -0.2) is 61.5 Å². The molecule has 0 bridgehead atoms. The molecule has 1 N–H and O–H groups in total. The van der Waals surface area contributed by atoms with Gasteiger partial charge < -0.3 is 14.6 Å². The Balaban J connectivity index is 1.29. The highest BCUT2D eigenvalue weighted by Crippen LogP contribution is 2.36. The van der Waals surface area contributed by atoms with Crippen molar-refractivity contribution in [3.63, 3.8) is 0 Å². The van der Waals surface area contributed by atoms with E-state index < -0.39 is 27.9 Å². The van der Waals surface area contributed by atoms with Crippen LogP contribution in [0.25, 0.3) is 0 Å². The van der Waals surface area contributed by atoms with Gasteiger partial charge in [0.15, 0.2) is 0 Å². The summed E-state index contributed by atoms with van der Waals surface area (Å²) in [6.45, 7) is 3.58. The third-order valence-corrected chi connectivity index (χ3v) is 9.02. The quantitative estimate of drug-likeness (QED) is 0.404. The minimum atomic E-state index is -4.12. The number of fused-ring (bicyclic) bond motifs is 1. The largest absolute Gasteiger partial charge is 0.492 e. The van der Waals surface area contributed by atoms with Crippen LogP contribution >= 0.6 is 0 Å². The Hall–Kier alpha value is -3.47. The fraction of sp³-hybridized carbons (Fsp3) is 0.345. The molecular weight excluding hydrogens is 523 g/mol. The van der Waals surface area contributed by atoms with Gasteiger partial charge in [-0.15, -0.1) is 0 Å². The zero-order valence-corrected chi connectivity index (χ0v) is 22.3. The number of carboxylic acids is 1. The third-order valence-electron chi connectivity index (χ3n) is 7.14. The lowest BCUT2D eigenvalue weighted by atomic mass is 9.94. The number of ether oxygens (including phenoxy) is 2. The number of benzene rings is 3. The Labute approximate surface area is 227 Å². The summed E-state index contributed by atoms with van der Waals surface area (Å²) in [5, 5.41) is 10.1. The lowest BCUT2D eigenvalue weighted by Crippen LogP contribution is -2.43. The Bertz CT molecular complexity index is 1410. The molecule has 206 valence electrons. The average Bonchev–Trinajstić information content (AvgIpc) is 2.94. The first-order valence-corrected chi connectivity index (χ1v) is 14.5. The summed E-state index contributed by atoms with van der Waals surface area (Å²) in [7, 11) is -4.12. The fourth-order valence-electron chi connectivity index (χ4n) is 5.11. The zero-order valence-electron chi connectivity index (χ0n) is 21.5. The second-order valence-corrected chi connectivity index (χ2v) is 11.6. The van der Waals surface area contributed by atoms with Gasteiger partial charge in [-0.1, -0.05) is 12.5 Å². The van der Waals surface area contributed by atoms with Gasteiger partial charge in [0.05, 0.1) is 4.90 Å². The van der Waals surface area contributed by atoms with Crippen molar-refractivity contribution in [3.05, 3.63) is 83.7 Å². The van der Waals surface area contributed by atoms with E-state index in [4.69, 9.17) is 9.47 Å². The number of rotatable bonds is 9. The van der Waals surface area contributed by atoms with Crippen LogP contribution in [0.4, 0.5) is 4.39 Å². The maximum absolute atomic E-state index is 13.5. The molecule has 5 rings (SSSR count). The number of hydrogen-bond donors (Lipinski definition) is 1. The van der Waals surface area contributed by atoms with Crippen LogP contribution in [0.15, 0.2) is 71.6 Å². The highest BCUT2D eigenvalue weighted by molar-refractivity contribution is 7.89. The number of carboxylic acid groups (broad SMARTS) is 1. The van der Waals surface area contributed by atoms with E-state index in [-0.39, 0.29) is 11.4 Å². The summed E-state index contributed by atoms with van der Waals surface area (Å²) < 4.78 is 52.8. The fourth-order valence-corrected chi connectivity index (χ4v) is 6.68. The number of likely N-dealkylation sites (tertiary alicyclic amines) is 1. The van der Waals surface area contributed by atoms with Gasteiger partial charge in [0.2, 0.25) is 10.0 Å². The van der Waals surface area contributed by atoms with Crippen LogP contribution in [0.5, 0.6) is 17.2 Å². The summed E-state index contributed by atoms with van der Waals surface area (Å²) in [5.41, 5.74) is 1.21. The van der Waals surface area contributed by atoms with Crippen LogP contribution in [0.2, 0.25) is 0 Å². The maximum Gasteiger partial charge on any atom is 0.326 e. The van der Waals surface area contributed by atoms with Crippen LogP contribution in [-0.2, 0) is 21.2 Å². The summed E-state index contributed by atoms with van der Waals surface area (Å²) >= 11 is 0. The molecule has 10 heteroatoms. The van der Waals surface area contributed by atoms with Crippen molar-refractivity contribution in [1.29, 1.82) is 0 Å². The molecule has 1 fully saturated rings. The monoisotopic (exact) mass is 554 g/mol. The van der Waals surface area contributed by atoms with Crippen molar-refractivity contribution >= 4 is 16.0 Å². The Morgan fingerprint density at radius 2 is 1.54 bits per heavy atom. The second-order valence-electron chi connectivity index (χ2n) is 9.75. The lowest BCUT2D eigenvalue weighted by molar-refractivity contribution is -0.142. The van der Waals surface area contributed by atoms with Gasteiger partial charge in [0.25, 0.3) is 0 Å². The van der Waals surface area contributed by atoms with Gasteiger partial charge >= 0.3 is 5.97 Å². The number of hydrogen-bond acceptors (Lipinski definition) is 6. The SMILES string of the molecule is O=C(O)C1c2ccc(OCCN3CCCCC3)cc2CCN1S(=O)(=O)c1ccc(Oc2ccc(F)cc2)cc1. The van der Waals surface area contributed by atoms with Crippen molar-refractivity contribution in [2.45, 2.75) is 36.6 Å². The molecule has 0 aromatic heterocycles. The van der Waals surface area contributed by atoms with Gasteiger partial charge in [0.1, 0.15) is 35.7 Å². The van der Waals surface area contributed by atoms with Crippen molar-refractivity contribution in [1.82, 2.24) is 9.21 Å². The number of carbonyl (C=O) groups is 1. The first-order valence-electron chi connectivity index (χ1n) is 13.1. The first-order chi connectivity index (χ1) is 18.8. The normalized spacial score (nSPS) is 18.3. The summed E-state index contributed by atoms with van der Waals surface area (Å²) in [4.78, 5) is 14.7. The van der Waals surface area contributed by atoms with Crippen molar-refractivity contribution in [2.75, 3.05) is 32.8 Å². The Morgan fingerprint density at radius 1 is 0.897 bits per heavy atom. The second kappa shape index (κ2) is 11.7. The first kappa shape index (κ1) is 27.1. The molecule has 0 aliphatic carbocycles. The Morgan fingerprint density at radius 3 is 2.21 bits per heavy atom. The maximum atomic E-state index is 13.5. The molecule has 0 radical (unpaired) electrons. The molecule has 0 spiro atoms. The van der Waals surface area contributed by atoms with E-state index in [0.29, 0.717) is 35.8 Å². The van der Waals surface area contributed by atoms with E-state index in [2.05, 4.69) is 4.90 Å². The number of piperidine rings is 1. The molecule has 2 aliphatic rings. The molecule has 0 amide bonds. The highest BCUT2D eigenvalue weighted by Gasteiger charge is 2.40. The van der Waals surface area contributed by atoms with Crippen molar-refractivity contribution in [3.8, 4) is 17.2 Å². The van der Waals surface area contributed by atoms with Gasteiger partial charge in [-0.05, 0) is 104 Å². The molecule has 3 aromatic rings. The van der Waals surface area contributed by atoms with E-state index in [1.54, 1.807) is 12.1 Å². The third kappa shape index (κ3) is 6.24. The van der Waals surface area contributed by atoms with Gasteiger partial charge in [0, 0.05) is 13.1 Å². The molecule has 0 saturated carbocycles. The zero-order chi connectivity index (χ0) is 27.4. The minimum absolute atomic E-state index is 0.0252. The molecule has 1 unspecified atom stereocenters. The van der Waals surface area contributed by atoms with Crippen molar-refractivity contribution < 1.29 is 32.2 Å². The molecule has 3 aromatic carbocycles. The summed E-state index contributed by atoms with van der Waals surface area (Å²) in [6, 6.07) is 15.0. The van der Waals surface area contributed by atoms with E-state index >= 15 is 0 Å². The van der Waals surface area contributed by atoms with Crippen LogP contribution < -0.4 is 9.47 Å². The van der Waals surface area contributed by atoms with Gasteiger partial charge in [-0.25, -0.2) is 12.8 Å². The minimum Gasteiger partial charge on any atom is -0.492 e. The topological polar surface area (TPSA) is 96.4 Å². The number of nitrogens with zero attached hydrogens (tertiary/aromatic N) is 2. The van der Waals surface area contributed by atoms with E-state index in [9.17, 15) is 22.7 Å². The van der Waals surface area contributed by atoms with Crippen LogP contribution in [0, 0.1) is 5.82 Å². The predicted molar refractivity (Wildman–Crippen MR) is 143 cm³/mol.